The maximum atomic E-state index is 15.0. The van der Waals surface area contributed by atoms with Crippen LogP contribution < -0.4 is 21.5 Å². The van der Waals surface area contributed by atoms with Crippen molar-refractivity contribution in [3.63, 3.8) is 0 Å². The van der Waals surface area contributed by atoms with Gasteiger partial charge in [0.15, 0.2) is 11.6 Å². The zero-order valence-electron chi connectivity index (χ0n) is 17.9. The van der Waals surface area contributed by atoms with Gasteiger partial charge in [0.2, 0.25) is 5.91 Å². The maximum Gasteiger partial charge on any atom is 0.341 e. The molecule has 1 fully saturated rings. The molecule has 0 radical (unpaired) electrons. The highest BCUT2D eigenvalue weighted by molar-refractivity contribution is 5.91. The highest BCUT2D eigenvalue weighted by atomic mass is 19.1. The Bertz CT molecular complexity index is 1370. The number of amides is 1. The van der Waals surface area contributed by atoms with Crippen molar-refractivity contribution in [2.24, 2.45) is 5.73 Å². The predicted molar refractivity (Wildman–Crippen MR) is 116 cm³/mol. The molecule has 0 aliphatic carbocycles. The summed E-state index contributed by atoms with van der Waals surface area (Å²) in [5, 5.41) is 12.2. The van der Waals surface area contributed by atoms with E-state index in [1.165, 1.54) is 6.92 Å². The van der Waals surface area contributed by atoms with Gasteiger partial charge in [-0.15, -0.1) is 0 Å². The Morgan fingerprint density at radius 2 is 1.94 bits per heavy atom. The molecule has 1 aliphatic heterocycles. The van der Waals surface area contributed by atoms with Crippen molar-refractivity contribution in [2.45, 2.75) is 25.4 Å². The molecule has 3 heterocycles. The van der Waals surface area contributed by atoms with E-state index >= 15 is 4.39 Å². The topological polar surface area (TPSA) is 130 Å². The number of rotatable bonds is 5. The van der Waals surface area contributed by atoms with Crippen molar-refractivity contribution < 1.29 is 27.9 Å². The second-order valence-electron chi connectivity index (χ2n) is 8.04. The fourth-order valence-electron chi connectivity index (χ4n) is 3.87. The Morgan fingerprint density at radius 3 is 2.59 bits per heavy atom. The van der Waals surface area contributed by atoms with E-state index in [-0.39, 0.29) is 41.1 Å². The second kappa shape index (κ2) is 8.78. The average molecular weight is 475 g/mol. The quantitative estimate of drug-likeness (QED) is 0.510. The lowest BCUT2D eigenvalue weighted by Gasteiger charge is -2.20. The van der Waals surface area contributed by atoms with E-state index in [0.29, 0.717) is 23.4 Å². The van der Waals surface area contributed by atoms with Crippen LogP contribution in [0, 0.1) is 17.5 Å². The predicted octanol–water partition coefficient (Wildman–Crippen LogP) is 1.52. The molecule has 1 saturated heterocycles. The van der Waals surface area contributed by atoms with Gasteiger partial charge >= 0.3 is 5.97 Å². The standard InChI is InChI=1S/C22H20F3N5O4/c1-10(26)20(31)27-12-4-5-29(8-12)19-17(25)9-30-18(28-19)14(7-15(21(30)32)22(33)34)13-3-2-11(23)6-16(13)24/h2-3,6-7,9-10,12H,4-5,8,26H2,1H3,(H,27,31)(H,33,34)/t10-,12?/m0/s1. The number of carbonyl (C=O) groups is 2. The number of pyridine rings is 1. The molecule has 2 atom stereocenters. The van der Waals surface area contributed by atoms with Crippen LogP contribution in [0.25, 0.3) is 16.8 Å². The van der Waals surface area contributed by atoms with Crippen molar-refractivity contribution in [1.29, 1.82) is 0 Å². The van der Waals surface area contributed by atoms with Gasteiger partial charge < -0.3 is 21.1 Å². The molecule has 1 unspecified atom stereocenters. The van der Waals surface area contributed by atoms with Gasteiger partial charge in [-0.1, -0.05) is 0 Å². The van der Waals surface area contributed by atoms with Crippen LogP contribution in [0.5, 0.6) is 0 Å². The number of nitrogens with zero attached hydrogens (tertiary/aromatic N) is 3. The highest BCUT2D eigenvalue weighted by Gasteiger charge is 2.29. The Labute approximate surface area is 190 Å². The summed E-state index contributed by atoms with van der Waals surface area (Å²) in [4.78, 5) is 41.9. The molecule has 34 heavy (non-hydrogen) atoms. The molecule has 4 rings (SSSR count). The van der Waals surface area contributed by atoms with Gasteiger partial charge in [0.05, 0.1) is 12.2 Å². The van der Waals surface area contributed by atoms with Crippen molar-refractivity contribution in [1.82, 2.24) is 14.7 Å². The van der Waals surface area contributed by atoms with Gasteiger partial charge in [0, 0.05) is 36.3 Å². The summed E-state index contributed by atoms with van der Waals surface area (Å²) in [5.41, 5.74) is 3.22. The minimum absolute atomic E-state index is 0.128. The Hall–Kier alpha value is -3.93. The first-order valence-corrected chi connectivity index (χ1v) is 10.3. The number of carboxylic acids is 1. The smallest absolute Gasteiger partial charge is 0.341 e. The number of hydrogen-bond acceptors (Lipinski definition) is 6. The summed E-state index contributed by atoms with van der Waals surface area (Å²) in [6.45, 7) is 2.06. The van der Waals surface area contributed by atoms with Crippen molar-refractivity contribution in [3.05, 3.63) is 63.8 Å². The number of carbonyl (C=O) groups excluding carboxylic acids is 1. The van der Waals surface area contributed by atoms with Crippen LogP contribution in [0.2, 0.25) is 0 Å². The number of carboxylic acid groups (broad SMARTS) is 1. The zero-order valence-corrected chi connectivity index (χ0v) is 17.9. The molecule has 1 aliphatic rings. The van der Waals surface area contributed by atoms with Crippen molar-refractivity contribution >= 4 is 23.3 Å². The van der Waals surface area contributed by atoms with E-state index < -0.39 is 40.6 Å². The van der Waals surface area contributed by atoms with Gasteiger partial charge in [-0.05, 0) is 31.5 Å². The number of aromatic nitrogens is 2. The lowest BCUT2D eigenvalue weighted by Crippen LogP contribution is -2.45. The normalized spacial score (nSPS) is 16.6. The molecular weight excluding hydrogens is 455 g/mol. The van der Waals surface area contributed by atoms with E-state index in [1.54, 1.807) is 4.90 Å². The first-order valence-electron chi connectivity index (χ1n) is 10.3. The van der Waals surface area contributed by atoms with Gasteiger partial charge in [0.1, 0.15) is 22.8 Å². The molecule has 178 valence electrons. The SMILES string of the molecule is C[C@H](N)C(=O)NC1CCN(c2nc3c(-c4ccc(F)cc4F)cc(C(=O)O)c(=O)n3cc2F)C1. The molecule has 12 heteroatoms. The van der Waals surface area contributed by atoms with E-state index in [1.807, 2.05) is 0 Å². The first kappa shape index (κ1) is 23.2. The number of fused-ring (bicyclic) bond motifs is 1. The Morgan fingerprint density at radius 1 is 1.21 bits per heavy atom. The fraction of sp³-hybridized carbons (Fsp3) is 0.273. The summed E-state index contributed by atoms with van der Waals surface area (Å²) in [5.74, 6) is -4.90. The van der Waals surface area contributed by atoms with Crippen LogP contribution in [0.15, 0.2) is 35.3 Å². The zero-order chi connectivity index (χ0) is 24.7. The third-order valence-electron chi connectivity index (χ3n) is 5.57. The van der Waals surface area contributed by atoms with Crippen LogP contribution >= 0.6 is 0 Å². The van der Waals surface area contributed by atoms with E-state index in [0.717, 1.165) is 24.4 Å². The summed E-state index contributed by atoms with van der Waals surface area (Å²) < 4.78 is 43.7. The number of anilines is 1. The largest absolute Gasteiger partial charge is 0.477 e. The molecule has 2 aromatic heterocycles. The molecule has 3 aromatic rings. The molecule has 9 nitrogen and oxygen atoms in total. The van der Waals surface area contributed by atoms with Gasteiger partial charge in [-0.2, -0.15) is 0 Å². The molecule has 0 bridgehead atoms. The van der Waals surface area contributed by atoms with Crippen LogP contribution in [0.1, 0.15) is 23.7 Å². The molecule has 0 spiro atoms. The number of halogens is 3. The van der Waals surface area contributed by atoms with Crippen molar-refractivity contribution in [2.75, 3.05) is 18.0 Å². The third-order valence-corrected chi connectivity index (χ3v) is 5.57. The number of benzene rings is 1. The fourth-order valence-corrected chi connectivity index (χ4v) is 3.87. The average Bonchev–Trinajstić information content (AvgIpc) is 3.22. The van der Waals surface area contributed by atoms with Crippen LogP contribution in [-0.4, -0.2) is 51.5 Å². The van der Waals surface area contributed by atoms with Crippen LogP contribution in [-0.2, 0) is 4.79 Å². The molecule has 1 aromatic carbocycles. The molecular formula is C22H20F3N5O4. The summed E-state index contributed by atoms with van der Waals surface area (Å²) in [6, 6.07) is 2.55. The highest BCUT2D eigenvalue weighted by Crippen LogP contribution is 2.30. The summed E-state index contributed by atoms with van der Waals surface area (Å²) in [6.07, 6.45) is 1.26. The van der Waals surface area contributed by atoms with Crippen molar-refractivity contribution in [3.8, 4) is 11.1 Å². The van der Waals surface area contributed by atoms with Gasteiger partial charge in [-0.3, -0.25) is 14.0 Å². The monoisotopic (exact) mass is 475 g/mol. The first-order chi connectivity index (χ1) is 16.1. The summed E-state index contributed by atoms with van der Waals surface area (Å²) >= 11 is 0. The van der Waals surface area contributed by atoms with E-state index in [4.69, 9.17) is 5.73 Å². The number of nitrogens with two attached hydrogens (primary N) is 1. The number of hydrogen-bond donors (Lipinski definition) is 3. The number of aromatic carboxylic acids is 1. The molecule has 1 amide bonds. The number of nitrogens with one attached hydrogen (secondary N) is 1. The van der Waals surface area contributed by atoms with E-state index in [9.17, 15) is 28.3 Å². The third kappa shape index (κ3) is 4.19. The molecule has 0 saturated carbocycles. The van der Waals surface area contributed by atoms with Crippen LogP contribution in [0.3, 0.4) is 0 Å². The van der Waals surface area contributed by atoms with Gasteiger partial charge in [0.25, 0.3) is 5.56 Å². The maximum absolute atomic E-state index is 15.0. The molecule has 4 N–H and O–H groups in total. The second-order valence-corrected chi connectivity index (χ2v) is 8.04. The minimum Gasteiger partial charge on any atom is -0.477 e. The van der Waals surface area contributed by atoms with E-state index in [2.05, 4.69) is 10.3 Å². The minimum atomic E-state index is -1.60. The summed E-state index contributed by atoms with van der Waals surface area (Å²) in [7, 11) is 0. The Balaban J connectivity index is 1.85. The Kier molecular flexibility index (Phi) is 6.00. The lowest BCUT2D eigenvalue weighted by atomic mass is 10.0. The lowest BCUT2D eigenvalue weighted by molar-refractivity contribution is -0.122. The van der Waals surface area contributed by atoms with Gasteiger partial charge in [-0.25, -0.2) is 22.9 Å². The van der Waals surface area contributed by atoms with Crippen LogP contribution in [0.4, 0.5) is 19.0 Å².